The van der Waals surface area contributed by atoms with Crippen LogP contribution in [0.5, 0.6) is 0 Å². The molecule has 0 aliphatic heterocycles. The Labute approximate surface area is 117 Å². The van der Waals surface area contributed by atoms with Gasteiger partial charge in [-0.25, -0.2) is 4.57 Å². The third kappa shape index (κ3) is 2.52. The summed E-state index contributed by atoms with van der Waals surface area (Å²) < 4.78 is 2.13. The Morgan fingerprint density at radius 1 is 1.00 bits per heavy atom. The summed E-state index contributed by atoms with van der Waals surface area (Å²) in [7, 11) is 0. The first-order chi connectivity index (χ1) is 9.72. The molecule has 0 saturated heterocycles. The Morgan fingerprint density at radius 3 is 2.55 bits per heavy atom. The summed E-state index contributed by atoms with van der Waals surface area (Å²) >= 11 is 0. The van der Waals surface area contributed by atoms with Crippen LogP contribution in [0.2, 0.25) is 0 Å². The third-order valence-corrected chi connectivity index (χ3v) is 3.33. The minimum Gasteiger partial charge on any atom is -0.366 e. The fourth-order valence-electron chi connectivity index (χ4n) is 2.28. The van der Waals surface area contributed by atoms with Crippen LogP contribution in [-0.4, -0.2) is 5.91 Å². The highest BCUT2D eigenvalue weighted by molar-refractivity contribution is 5.97. The summed E-state index contributed by atoms with van der Waals surface area (Å²) in [5.41, 5.74) is 7.09. The Hall–Kier alpha value is -2.68. The highest BCUT2D eigenvalue weighted by atomic mass is 16.1. The number of nitrogens with two attached hydrogens (primary N) is 1. The van der Waals surface area contributed by atoms with E-state index in [0.717, 1.165) is 17.3 Å². The maximum absolute atomic E-state index is 11.2. The van der Waals surface area contributed by atoms with Gasteiger partial charge in [0.25, 0.3) is 0 Å². The van der Waals surface area contributed by atoms with Gasteiger partial charge in [0, 0.05) is 22.6 Å². The van der Waals surface area contributed by atoms with Gasteiger partial charge in [-0.3, -0.25) is 4.79 Å². The number of nitrogens with zero attached hydrogens (tertiary/aromatic N) is 1. The van der Waals surface area contributed by atoms with Crippen molar-refractivity contribution in [3.05, 3.63) is 78.1 Å². The van der Waals surface area contributed by atoms with Gasteiger partial charge < -0.3 is 5.73 Å². The van der Waals surface area contributed by atoms with E-state index in [0.29, 0.717) is 5.56 Å². The molecule has 98 valence electrons. The van der Waals surface area contributed by atoms with E-state index in [-0.39, 0.29) is 0 Å². The average Bonchev–Trinajstić information content (AvgIpc) is 2.47. The molecule has 2 aromatic carbocycles. The van der Waals surface area contributed by atoms with Crippen molar-refractivity contribution in [3.63, 3.8) is 0 Å². The topological polar surface area (TPSA) is 47.0 Å². The van der Waals surface area contributed by atoms with Crippen molar-refractivity contribution in [1.82, 2.24) is 0 Å². The second-order valence-corrected chi connectivity index (χ2v) is 4.81. The van der Waals surface area contributed by atoms with Crippen LogP contribution in [0.15, 0.2) is 67.0 Å². The Kier molecular flexibility index (Phi) is 3.17. The van der Waals surface area contributed by atoms with E-state index in [4.69, 9.17) is 5.73 Å². The monoisotopic (exact) mass is 263 g/mol. The molecule has 0 spiro atoms. The first-order valence-corrected chi connectivity index (χ1v) is 6.49. The lowest BCUT2D eigenvalue weighted by Crippen LogP contribution is -2.33. The molecular weight excluding hydrogens is 248 g/mol. The molecule has 3 rings (SSSR count). The van der Waals surface area contributed by atoms with Gasteiger partial charge in [-0.05, 0) is 23.6 Å². The van der Waals surface area contributed by atoms with Crippen LogP contribution in [0.3, 0.4) is 0 Å². The molecule has 3 heteroatoms. The number of hydrogen-bond donors (Lipinski definition) is 1. The molecule has 3 aromatic rings. The number of primary amides is 1. The lowest BCUT2D eigenvalue weighted by molar-refractivity contribution is -0.687. The lowest BCUT2D eigenvalue weighted by atomic mass is 10.1. The number of aromatic nitrogens is 1. The van der Waals surface area contributed by atoms with E-state index in [1.165, 1.54) is 5.56 Å². The minimum absolute atomic E-state index is 0.395. The molecule has 3 nitrogen and oxygen atoms in total. The van der Waals surface area contributed by atoms with Crippen molar-refractivity contribution < 1.29 is 9.36 Å². The van der Waals surface area contributed by atoms with Crippen LogP contribution in [0.25, 0.3) is 10.8 Å². The summed E-state index contributed by atoms with van der Waals surface area (Å²) in [6.07, 6.45) is 4.09. The van der Waals surface area contributed by atoms with Crippen molar-refractivity contribution in [1.29, 1.82) is 0 Å². The summed E-state index contributed by atoms with van der Waals surface area (Å²) in [6.45, 7) is 0.828. The van der Waals surface area contributed by atoms with Gasteiger partial charge >= 0.3 is 0 Å². The number of rotatable bonds is 3. The van der Waals surface area contributed by atoms with E-state index in [2.05, 4.69) is 22.9 Å². The number of carbonyl (C=O) groups excluding carboxylic acids is 1. The molecule has 0 saturated carbocycles. The molecule has 0 aliphatic carbocycles. The van der Waals surface area contributed by atoms with Crippen LogP contribution in [0.4, 0.5) is 0 Å². The lowest BCUT2D eigenvalue weighted by Gasteiger charge is -2.01. The Bertz CT molecular complexity index is 766. The van der Waals surface area contributed by atoms with Gasteiger partial charge in [0.05, 0.1) is 0 Å². The Balaban J connectivity index is 1.95. The molecule has 0 atom stereocenters. The summed E-state index contributed by atoms with van der Waals surface area (Å²) in [6, 6.07) is 17.8. The van der Waals surface area contributed by atoms with E-state index in [1.807, 2.05) is 42.6 Å². The fourth-order valence-corrected chi connectivity index (χ4v) is 2.28. The number of benzene rings is 2. The number of amides is 1. The molecule has 1 aromatic heterocycles. The minimum atomic E-state index is -0.395. The zero-order chi connectivity index (χ0) is 13.9. The first kappa shape index (κ1) is 12.4. The van der Waals surface area contributed by atoms with Crippen molar-refractivity contribution in [2.75, 3.05) is 0 Å². The summed E-state index contributed by atoms with van der Waals surface area (Å²) in [4.78, 5) is 11.2. The fraction of sp³-hybridized carbons (Fsp3) is 0.0588. The van der Waals surface area contributed by atoms with Gasteiger partial charge in [0.15, 0.2) is 18.9 Å². The molecule has 0 bridgehead atoms. The van der Waals surface area contributed by atoms with Crippen molar-refractivity contribution in [2.45, 2.75) is 6.54 Å². The molecule has 0 fully saturated rings. The number of pyridine rings is 1. The SMILES string of the molecule is NC(=O)c1ccc2c[n+](Cc3ccccc3)ccc2c1. The highest BCUT2D eigenvalue weighted by Crippen LogP contribution is 2.13. The second kappa shape index (κ2) is 5.13. The number of fused-ring (bicyclic) bond motifs is 1. The van der Waals surface area contributed by atoms with E-state index >= 15 is 0 Å². The van der Waals surface area contributed by atoms with Crippen LogP contribution >= 0.6 is 0 Å². The van der Waals surface area contributed by atoms with Crippen molar-refractivity contribution >= 4 is 16.7 Å². The predicted octanol–water partition coefficient (Wildman–Crippen LogP) is 2.27. The van der Waals surface area contributed by atoms with Gasteiger partial charge in [-0.1, -0.05) is 30.3 Å². The third-order valence-electron chi connectivity index (χ3n) is 3.33. The molecule has 0 unspecified atom stereocenters. The standard InChI is InChI=1S/C17H14N2O/c18-17(20)15-6-7-16-12-19(9-8-14(16)10-15)11-13-4-2-1-3-5-13/h1-10,12H,11H2,(H-,18,20)/p+1. The zero-order valence-electron chi connectivity index (χ0n) is 11.0. The van der Waals surface area contributed by atoms with E-state index < -0.39 is 5.91 Å². The van der Waals surface area contributed by atoms with Crippen LogP contribution < -0.4 is 10.3 Å². The molecular formula is C17H15N2O+. The average molecular weight is 263 g/mol. The van der Waals surface area contributed by atoms with Crippen LogP contribution in [0, 0.1) is 0 Å². The van der Waals surface area contributed by atoms with E-state index in [1.54, 1.807) is 6.07 Å². The molecule has 1 amide bonds. The molecule has 1 heterocycles. The summed E-state index contributed by atoms with van der Waals surface area (Å²) in [5.74, 6) is -0.395. The van der Waals surface area contributed by atoms with Gasteiger partial charge in [-0.2, -0.15) is 0 Å². The highest BCUT2D eigenvalue weighted by Gasteiger charge is 2.06. The second-order valence-electron chi connectivity index (χ2n) is 4.81. The van der Waals surface area contributed by atoms with Crippen LogP contribution in [-0.2, 0) is 6.54 Å². The van der Waals surface area contributed by atoms with Gasteiger partial charge in [0.2, 0.25) is 5.91 Å². The smallest absolute Gasteiger partial charge is 0.248 e. The van der Waals surface area contributed by atoms with E-state index in [9.17, 15) is 4.79 Å². The number of hydrogen-bond acceptors (Lipinski definition) is 1. The predicted molar refractivity (Wildman–Crippen MR) is 78.2 cm³/mol. The maximum Gasteiger partial charge on any atom is 0.248 e. The molecule has 0 radical (unpaired) electrons. The quantitative estimate of drug-likeness (QED) is 0.724. The molecule has 2 N–H and O–H groups in total. The normalized spacial score (nSPS) is 10.6. The first-order valence-electron chi connectivity index (χ1n) is 6.49. The Morgan fingerprint density at radius 2 is 1.80 bits per heavy atom. The zero-order valence-corrected chi connectivity index (χ0v) is 11.0. The van der Waals surface area contributed by atoms with Crippen LogP contribution in [0.1, 0.15) is 15.9 Å². The van der Waals surface area contributed by atoms with Gasteiger partial charge in [0.1, 0.15) is 0 Å². The molecule has 20 heavy (non-hydrogen) atoms. The van der Waals surface area contributed by atoms with Gasteiger partial charge in [-0.15, -0.1) is 0 Å². The molecule has 0 aliphatic rings. The summed E-state index contributed by atoms with van der Waals surface area (Å²) in [5, 5.41) is 2.11. The maximum atomic E-state index is 11.2. The van der Waals surface area contributed by atoms with Crippen molar-refractivity contribution in [2.24, 2.45) is 5.73 Å². The van der Waals surface area contributed by atoms with Crippen molar-refractivity contribution in [3.8, 4) is 0 Å². The number of carbonyl (C=O) groups is 1. The largest absolute Gasteiger partial charge is 0.366 e.